The first-order valence-electron chi connectivity index (χ1n) is 28.8. The van der Waals surface area contributed by atoms with Crippen LogP contribution in [0.4, 0.5) is 0 Å². The van der Waals surface area contributed by atoms with Crippen molar-refractivity contribution in [2.24, 2.45) is 0 Å². The molecule has 0 heterocycles. The van der Waals surface area contributed by atoms with Gasteiger partial charge in [0.2, 0.25) is 0 Å². The van der Waals surface area contributed by atoms with Crippen molar-refractivity contribution in [2.45, 2.75) is 221 Å². The summed E-state index contributed by atoms with van der Waals surface area (Å²) < 4.78 is 0. The van der Waals surface area contributed by atoms with Crippen molar-refractivity contribution >= 4 is 43.1 Å². The lowest BCUT2D eigenvalue weighted by Gasteiger charge is -2.24. The predicted octanol–water partition coefficient (Wildman–Crippen LogP) is 23.8. The van der Waals surface area contributed by atoms with E-state index in [4.69, 9.17) is 0 Å². The summed E-state index contributed by atoms with van der Waals surface area (Å²) >= 11 is 0. The zero-order chi connectivity index (χ0) is 59.7. The molecule has 9 aromatic rings. The van der Waals surface area contributed by atoms with Crippen LogP contribution >= 0.6 is 0 Å². The molecular formula is C79H114O6. The normalized spacial score (nSPS) is 11.2. The quantitative estimate of drug-likeness (QED) is 0.0599. The first-order valence-corrected chi connectivity index (χ1v) is 28.8. The molecule has 0 fully saturated rings. The molecule has 0 atom stereocenters. The second-order valence-corrected chi connectivity index (χ2v) is 25.2. The highest BCUT2D eigenvalue weighted by Crippen LogP contribution is 2.37. The molecule has 0 unspecified atom stereocenters. The Kier molecular flexibility index (Phi) is 29.1. The van der Waals surface area contributed by atoms with Gasteiger partial charge in [-0.3, -0.25) is 0 Å². The highest BCUT2D eigenvalue weighted by atomic mass is 16.3. The van der Waals surface area contributed by atoms with E-state index in [0.29, 0.717) is 23.0 Å². The van der Waals surface area contributed by atoms with Crippen LogP contribution in [0.2, 0.25) is 0 Å². The lowest BCUT2D eigenvalue weighted by Crippen LogP contribution is -2.15. The van der Waals surface area contributed by atoms with Crippen LogP contribution in [0.15, 0.2) is 146 Å². The largest absolute Gasteiger partial charge is 0.508 e. The number of hydrogen-bond donors (Lipinski definition) is 6. The first-order chi connectivity index (χ1) is 37.3. The summed E-state index contributed by atoms with van der Waals surface area (Å²) in [7, 11) is 0. The van der Waals surface area contributed by atoms with E-state index in [-0.39, 0.29) is 75.7 Å². The van der Waals surface area contributed by atoms with Crippen molar-refractivity contribution in [3.05, 3.63) is 190 Å². The van der Waals surface area contributed by atoms with Gasteiger partial charge in [0, 0.05) is 0 Å². The number of rotatable bonds is 10. The van der Waals surface area contributed by atoms with Crippen LogP contribution in [0.25, 0.3) is 43.1 Å². The van der Waals surface area contributed by atoms with E-state index >= 15 is 0 Å². The van der Waals surface area contributed by atoms with E-state index in [9.17, 15) is 30.6 Å². The zero-order valence-corrected chi connectivity index (χ0v) is 51.6. The minimum absolute atomic E-state index is 0. The second-order valence-electron chi connectivity index (χ2n) is 25.2. The number of benzene rings is 9. The van der Waals surface area contributed by atoms with Crippen molar-refractivity contribution < 1.29 is 30.6 Å². The maximum absolute atomic E-state index is 9.67. The summed E-state index contributed by atoms with van der Waals surface area (Å²) in [6.07, 6.45) is 5.52. The van der Waals surface area contributed by atoms with E-state index in [0.717, 1.165) is 70.3 Å². The molecule has 0 aliphatic carbocycles. The van der Waals surface area contributed by atoms with Crippen LogP contribution in [0.3, 0.4) is 0 Å². The van der Waals surface area contributed by atoms with Gasteiger partial charge in [-0.1, -0.05) is 232 Å². The summed E-state index contributed by atoms with van der Waals surface area (Å²) in [5.74, 6) is 1.33. The molecule has 9 rings (SSSR count). The molecule has 0 bridgehead atoms. The van der Waals surface area contributed by atoms with Gasteiger partial charge in [0.1, 0.15) is 23.0 Å². The molecule has 0 aliphatic rings. The van der Waals surface area contributed by atoms with E-state index in [2.05, 4.69) is 183 Å². The van der Waals surface area contributed by atoms with Gasteiger partial charge in [0.05, 0.1) is 0 Å². The fraction of sp³-hybridized carbons (Fsp3) is 0.418. The molecule has 6 nitrogen and oxygen atoms in total. The van der Waals surface area contributed by atoms with Crippen molar-refractivity contribution in [2.75, 3.05) is 0 Å². The van der Waals surface area contributed by atoms with E-state index in [1.165, 1.54) is 49.4 Å². The highest BCUT2D eigenvalue weighted by molar-refractivity contribution is 5.99. The number of aryl methyl sites for hydroxylation is 3. The summed E-state index contributed by atoms with van der Waals surface area (Å²) in [5, 5.41) is 65.9. The smallest absolute Gasteiger partial charge is 0.158 e. The summed E-state index contributed by atoms with van der Waals surface area (Å²) in [4.78, 5) is 0. The third kappa shape index (κ3) is 19.7. The van der Waals surface area contributed by atoms with Gasteiger partial charge in [0.25, 0.3) is 0 Å². The van der Waals surface area contributed by atoms with Crippen LogP contribution < -0.4 is 0 Å². The average molecular weight is 1160 g/mol. The molecule has 6 heteroatoms. The summed E-state index contributed by atoms with van der Waals surface area (Å²) in [5.41, 5.74) is 10.4. The van der Waals surface area contributed by atoms with Crippen LogP contribution in [0.5, 0.6) is 34.5 Å². The van der Waals surface area contributed by atoms with E-state index in [1.54, 1.807) is 36.4 Å². The number of fused-ring (bicyclic) bond motifs is 4. The Hall–Kier alpha value is -7.18. The third-order valence-corrected chi connectivity index (χ3v) is 17.6. The Morgan fingerprint density at radius 1 is 0.247 bits per heavy atom. The molecule has 0 aliphatic heterocycles. The van der Waals surface area contributed by atoms with Gasteiger partial charge in [0.15, 0.2) is 11.5 Å². The molecule has 6 N–H and O–H groups in total. The molecule has 0 amide bonds. The fourth-order valence-electron chi connectivity index (χ4n) is 9.20. The maximum Gasteiger partial charge on any atom is 0.158 e. The van der Waals surface area contributed by atoms with Gasteiger partial charge in [-0.2, -0.15) is 0 Å². The van der Waals surface area contributed by atoms with Crippen LogP contribution in [-0.4, -0.2) is 30.6 Å². The fourth-order valence-corrected chi connectivity index (χ4v) is 9.20. The molecule has 0 spiro atoms. The Bertz CT molecular complexity index is 3530. The van der Waals surface area contributed by atoms with Gasteiger partial charge < -0.3 is 30.6 Å². The lowest BCUT2D eigenvalue weighted by molar-refractivity contribution is 0.405. The monoisotopic (exact) mass is 1160 g/mol. The Morgan fingerprint density at radius 3 is 0.871 bits per heavy atom. The minimum atomic E-state index is -0.0694. The minimum Gasteiger partial charge on any atom is -0.508 e. The number of phenols is 6. The highest BCUT2D eigenvalue weighted by Gasteiger charge is 2.22. The lowest BCUT2D eigenvalue weighted by atomic mass is 9.81. The van der Waals surface area contributed by atoms with Gasteiger partial charge in [-0.15, -0.1) is 0 Å². The maximum atomic E-state index is 9.67. The molecule has 9 aromatic carbocycles. The summed E-state index contributed by atoms with van der Waals surface area (Å²) in [6.45, 7) is 39.2. The van der Waals surface area contributed by atoms with Gasteiger partial charge in [-0.25, -0.2) is 0 Å². The molecule has 0 saturated carbocycles. The topological polar surface area (TPSA) is 121 Å². The first kappa shape index (κ1) is 77.8. The van der Waals surface area contributed by atoms with E-state index < -0.39 is 0 Å². The SMILES string of the molecule is C.C.C.C.C.CCC(C)(C)c1cc(C)c(O)c(C)c1.CCC(C)(C)c1ccc(O)c(C)c1.CCC(C)(C)c1ccc2cc(O)c(O)cc2c1.CCC(C)(C)c1ccc2cc(O)ccc2c1.CCC(C)(C)c1ccc2cc3cc(O)ccc3cc2c1. The zero-order valence-electron chi connectivity index (χ0n) is 51.6. The molecule has 0 saturated heterocycles. The molecule has 466 valence electrons. The van der Waals surface area contributed by atoms with Gasteiger partial charge in [-0.05, 0) is 222 Å². The number of phenolic OH excluding ortho intramolecular Hbond substituents is 6. The van der Waals surface area contributed by atoms with Crippen molar-refractivity contribution in [1.82, 2.24) is 0 Å². The number of aromatic hydroxyl groups is 6. The molecular weight excluding hydrogens is 1040 g/mol. The standard InChI is InChI=1S/C19H20O.C15H18O2.C15H18O.C13H20O.C12H18O.5CH4/c1-4-19(2,3)17-7-5-13-10-16-12-18(20)8-6-14(16)9-15(13)11-17;1-4-15(2,3)12-6-5-10-8-13(16)14(17)9-11(10)7-12;1-4-15(2,3)13-7-5-12-10-14(16)8-6-11(12)9-13;1-6-13(4,5)11-7-9(2)12(14)10(3)8-11;1-5-12(3,4)10-6-7-11(13)9(2)8-10;;;;;/h5-12,20H,4H2,1-3H3;5-9,16-17H,4H2,1-3H3;5-10,16H,4H2,1-3H3;7-8,14H,6H2,1-5H3;6-8,13H,5H2,1-4H3;5*1H4. The average Bonchev–Trinajstić information content (AvgIpc) is 3.40. The van der Waals surface area contributed by atoms with Crippen molar-refractivity contribution in [3.63, 3.8) is 0 Å². The predicted molar refractivity (Wildman–Crippen MR) is 377 cm³/mol. The Morgan fingerprint density at radius 2 is 0.494 bits per heavy atom. The summed E-state index contributed by atoms with van der Waals surface area (Å²) in [6, 6.07) is 48.0. The molecule has 0 aromatic heterocycles. The second kappa shape index (κ2) is 31.8. The van der Waals surface area contributed by atoms with Crippen molar-refractivity contribution in [1.29, 1.82) is 0 Å². The molecule has 0 radical (unpaired) electrons. The molecule has 85 heavy (non-hydrogen) atoms. The van der Waals surface area contributed by atoms with Crippen molar-refractivity contribution in [3.8, 4) is 34.5 Å². The van der Waals surface area contributed by atoms with Crippen LogP contribution in [0, 0.1) is 20.8 Å². The number of hydrogen-bond acceptors (Lipinski definition) is 6. The Balaban J connectivity index is 0.00000103. The Labute approximate surface area is 516 Å². The van der Waals surface area contributed by atoms with Crippen LogP contribution in [-0.2, 0) is 27.1 Å². The van der Waals surface area contributed by atoms with Gasteiger partial charge >= 0.3 is 0 Å². The third-order valence-electron chi connectivity index (χ3n) is 17.6. The van der Waals surface area contributed by atoms with Crippen LogP contribution in [0.1, 0.15) is 218 Å². The van der Waals surface area contributed by atoms with E-state index in [1.807, 2.05) is 51.1 Å².